The maximum Gasteiger partial charge on any atom is 0.416 e. The molecule has 0 unspecified atom stereocenters. The molecule has 5 nitrogen and oxygen atoms in total. The van der Waals surface area contributed by atoms with Crippen molar-refractivity contribution in [1.82, 2.24) is 10.6 Å². The highest BCUT2D eigenvalue weighted by atomic mass is 19.4. The van der Waals surface area contributed by atoms with E-state index in [2.05, 4.69) is 10.6 Å². The predicted octanol–water partition coefficient (Wildman–Crippen LogP) is 5.44. The molecule has 0 aliphatic rings. The molecule has 2 N–H and O–H groups in total. The highest BCUT2D eigenvalue weighted by Gasteiger charge is 2.30. The third-order valence-corrected chi connectivity index (χ3v) is 5.45. The van der Waals surface area contributed by atoms with Crippen LogP contribution in [0, 0.1) is 0 Å². The van der Waals surface area contributed by atoms with Crippen LogP contribution in [0.4, 0.5) is 13.2 Å². The van der Waals surface area contributed by atoms with E-state index < -0.39 is 11.7 Å². The van der Waals surface area contributed by atoms with Gasteiger partial charge in [0.15, 0.2) is 0 Å². The molecule has 36 heavy (non-hydrogen) atoms. The van der Waals surface area contributed by atoms with Crippen LogP contribution in [-0.4, -0.2) is 32.0 Å². The first-order valence-corrected chi connectivity index (χ1v) is 11.6. The smallest absolute Gasteiger partial charge is 0.416 e. The minimum Gasteiger partial charge on any atom is -0.497 e. The van der Waals surface area contributed by atoms with Crippen molar-refractivity contribution in [3.05, 3.63) is 101 Å². The van der Waals surface area contributed by atoms with E-state index in [4.69, 9.17) is 4.74 Å². The number of hydrogen-bond acceptors (Lipinski definition) is 3. The lowest BCUT2D eigenvalue weighted by Crippen LogP contribution is -2.40. The van der Waals surface area contributed by atoms with Gasteiger partial charge in [-0.1, -0.05) is 55.5 Å². The van der Waals surface area contributed by atoms with Gasteiger partial charge in [-0.05, 0) is 60.7 Å². The van der Waals surface area contributed by atoms with E-state index in [1.807, 2.05) is 37.3 Å². The van der Waals surface area contributed by atoms with Crippen molar-refractivity contribution in [2.45, 2.75) is 38.4 Å². The van der Waals surface area contributed by atoms with Crippen LogP contribution in [0.2, 0.25) is 0 Å². The second-order valence-corrected chi connectivity index (χ2v) is 8.00. The normalized spacial score (nSPS) is 11.5. The summed E-state index contributed by atoms with van der Waals surface area (Å²) in [6, 6.07) is 22.2. The van der Waals surface area contributed by atoms with Crippen molar-refractivity contribution in [3.63, 3.8) is 0 Å². The van der Waals surface area contributed by atoms with E-state index in [1.165, 1.54) is 17.7 Å². The van der Waals surface area contributed by atoms with Gasteiger partial charge in [0.25, 0.3) is 5.91 Å². The lowest BCUT2D eigenvalue weighted by atomic mass is 10.1. The van der Waals surface area contributed by atoms with Crippen molar-refractivity contribution in [1.29, 1.82) is 0 Å². The van der Waals surface area contributed by atoms with E-state index in [0.29, 0.717) is 36.3 Å². The number of ether oxygens (including phenoxy) is 1. The number of nitrogens with one attached hydrogen (secondary N) is 2. The number of carbonyl (C=O) groups is 2. The highest BCUT2D eigenvalue weighted by Crippen LogP contribution is 2.29. The minimum absolute atomic E-state index is 0.107. The Morgan fingerprint density at radius 1 is 0.972 bits per heavy atom. The second-order valence-electron chi connectivity index (χ2n) is 8.00. The number of halogens is 3. The van der Waals surface area contributed by atoms with E-state index in [1.54, 1.807) is 37.4 Å². The molecule has 192 valence electrons. The first-order chi connectivity index (χ1) is 17.3. The zero-order valence-corrected chi connectivity index (χ0v) is 20.3. The Kier molecular flexibility index (Phi) is 11.5. The minimum atomic E-state index is -4.22. The summed E-state index contributed by atoms with van der Waals surface area (Å²) in [6.45, 7) is 2.21. The molecule has 2 amide bonds. The molecule has 0 bridgehead atoms. The summed E-state index contributed by atoms with van der Waals surface area (Å²) in [5, 5.41) is 5.62. The number of benzene rings is 3. The monoisotopic (exact) mass is 500 g/mol. The Labute approximate surface area is 209 Å². The van der Waals surface area contributed by atoms with Crippen molar-refractivity contribution >= 4 is 12.3 Å². The third-order valence-electron chi connectivity index (χ3n) is 5.45. The number of alkyl halides is 3. The lowest BCUT2D eigenvalue weighted by Gasteiger charge is -2.17. The fraction of sp³-hybridized carbons (Fsp3) is 0.286. The van der Waals surface area contributed by atoms with Gasteiger partial charge in [0, 0.05) is 18.2 Å². The van der Waals surface area contributed by atoms with Gasteiger partial charge in [-0.3, -0.25) is 9.59 Å². The summed E-state index contributed by atoms with van der Waals surface area (Å²) in [5.74, 6) is 0.532. The standard InChI is InChI=1S/C19H22N2O3.C9H9F3/c1-24-18-11-8-16(9-12-18)19(23)20-13-17(21-14-22)10-7-15-5-3-2-4-6-15;1-2-7-4-3-5-8(6-7)9(10,11)12/h2-6,8-9,11-12,14,17H,7,10,13H2,1H3,(H,20,23)(H,21,22);3-6H,2H2,1H3/t17-;/m0./s1. The van der Waals surface area contributed by atoms with E-state index in [9.17, 15) is 22.8 Å². The molecule has 1 atom stereocenters. The average Bonchev–Trinajstić information content (AvgIpc) is 2.90. The Morgan fingerprint density at radius 2 is 1.64 bits per heavy atom. The second kappa shape index (κ2) is 14.6. The van der Waals surface area contributed by atoms with Gasteiger partial charge < -0.3 is 15.4 Å². The highest BCUT2D eigenvalue weighted by molar-refractivity contribution is 5.94. The molecule has 0 fully saturated rings. The number of rotatable bonds is 10. The van der Waals surface area contributed by atoms with Crippen LogP contribution in [0.5, 0.6) is 5.75 Å². The van der Waals surface area contributed by atoms with Crippen LogP contribution in [0.3, 0.4) is 0 Å². The molecule has 8 heteroatoms. The number of aryl methyl sites for hydroxylation is 2. The van der Waals surface area contributed by atoms with Gasteiger partial charge in [-0.2, -0.15) is 13.2 Å². The fourth-order valence-corrected chi connectivity index (χ4v) is 3.35. The number of methoxy groups -OCH3 is 1. The van der Waals surface area contributed by atoms with Crippen molar-refractivity contribution in [2.24, 2.45) is 0 Å². The Balaban J connectivity index is 0.000000319. The quantitative estimate of drug-likeness (QED) is 0.364. The van der Waals surface area contributed by atoms with Crippen LogP contribution in [0.25, 0.3) is 0 Å². The van der Waals surface area contributed by atoms with E-state index in [0.717, 1.165) is 18.9 Å². The summed E-state index contributed by atoms with van der Waals surface area (Å²) in [5.41, 5.74) is 1.91. The van der Waals surface area contributed by atoms with Crippen LogP contribution >= 0.6 is 0 Å². The molecule has 0 heterocycles. The molecule has 0 saturated carbocycles. The van der Waals surface area contributed by atoms with Gasteiger partial charge in [-0.25, -0.2) is 0 Å². The maximum atomic E-state index is 12.2. The SMILES string of the molecule is CCc1cccc(C(F)(F)F)c1.COc1ccc(C(=O)NC[C@H](CCc2ccccc2)NC=O)cc1. The Morgan fingerprint density at radius 3 is 2.22 bits per heavy atom. The Hall–Kier alpha value is -3.81. The van der Waals surface area contributed by atoms with Gasteiger partial charge in [0.1, 0.15) is 5.75 Å². The van der Waals surface area contributed by atoms with Crippen molar-refractivity contribution < 1.29 is 27.5 Å². The largest absolute Gasteiger partial charge is 0.497 e. The summed E-state index contributed by atoms with van der Waals surface area (Å²) < 4.78 is 41.4. The molecule has 0 aliphatic heterocycles. The molecular formula is C28H31F3N2O3. The number of hydrogen-bond donors (Lipinski definition) is 2. The fourth-order valence-electron chi connectivity index (χ4n) is 3.35. The van der Waals surface area contributed by atoms with Gasteiger partial charge in [0.05, 0.1) is 12.7 Å². The molecule has 3 aromatic carbocycles. The molecule has 0 aromatic heterocycles. The average molecular weight is 501 g/mol. The van der Waals surface area contributed by atoms with Gasteiger partial charge in [0.2, 0.25) is 6.41 Å². The van der Waals surface area contributed by atoms with E-state index >= 15 is 0 Å². The summed E-state index contributed by atoms with van der Waals surface area (Å²) in [4.78, 5) is 22.9. The molecular weight excluding hydrogens is 469 g/mol. The lowest BCUT2D eigenvalue weighted by molar-refractivity contribution is -0.137. The Bertz CT molecular complexity index is 1070. The predicted molar refractivity (Wildman–Crippen MR) is 134 cm³/mol. The van der Waals surface area contributed by atoms with Gasteiger partial charge in [-0.15, -0.1) is 0 Å². The van der Waals surface area contributed by atoms with Crippen LogP contribution in [0.1, 0.15) is 40.4 Å². The molecule has 0 spiro atoms. The van der Waals surface area contributed by atoms with Crippen LogP contribution in [0.15, 0.2) is 78.9 Å². The summed E-state index contributed by atoms with van der Waals surface area (Å²) in [7, 11) is 1.58. The molecule has 3 aromatic rings. The zero-order chi connectivity index (χ0) is 26.4. The summed E-state index contributed by atoms with van der Waals surface area (Å²) >= 11 is 0. The van der Waals surface area contributed by atoms with Crippen molar-refractivity contribution in [2.75, 3.05) is 13.7 Å². The summed E-state index contributed by atoms with van der Waals surface area (Å²) in [6.07, 6.45) is -1.32. The maximum absolute atomic E-state index is 12.2. The first-order valence-electron chi connectivity index (χ1n) is 11.6. The topological polar surface area (TPSA) is 67.4 Å². The first kappa shape index (κ1) is 28.4. The molecule has 0 aliphatic carbocycles. The van der Waals surface area contributed by atoms with Gasteiger partial charge >= 0.3 is 6.18 Å². The number of carbonyl (C=O) groups excluding carboxylic acids is 2. The van der Waals surface area contributed by atoms with E-state index in [-0.39, 0.29) is 11.9 Å². The zero-order valence-electron chi connectivity index (χ0n) is 20.3. The number of amides is 2. The van der Waals surface area contributed by atoms with Crippen LogP contribution < -0.4 is 15.4 Å². The molecule has 3 rings (SSSR count). The third kappa shape index (κ3) is 9.82. The molecule has 0 saturated heterocycles. The van der Waals surface area contributed by atoms with Crippen molar-refractivity contribution in [3.8, 4) is 5.75 Å². The molecule has 0 radical (unpaired) electrons. The van der Waals surface area contributed by atoms with Crippen LogP contribution in [-0.2, 0) is 23.8 Å².